The van der Waals surface area contributed by atoms with Gasteiger partial charge in [0.1, 0.15) is 5.82 Å². The van der Waals surface area contributed by atoms with Gasteiger partial charge in [-0.15, -0.1) is 0 Å². The predicted octanol–water partition coefficient (Wildman–Crippen LogP) is 1.02. The van der Waals surface area contributed by atoms with Gasteiger partial charge in [0.05, 0.1) is 11.5 Å². The normalized spacial score (nSPS) is 10.5. The van der Waals surface area contributed by atoms with Crippen LogP contribution in [-0.4, -0.2) is 27.2 Å². The zero-order chi connectivity index (χ0) is 13.0. The summed E-state index contributed by atoms with van der Waals surface area (Å²) in [5, 5.41) is 20.4. The van der Waals surface area contributed by atoms with Crippen LogP contribution in [0.3, 0.4) is 0 Å². The highest BCUT2D eigenvalue weighted by Gasteiger charge is 2.06. The number of nitro groups is 1. The van der Waals surface area contributed by atoms with Crippen LogP contribution in [0.5, 0.6) is 0 Å². The highest BCUT2D eigenvalue weighted by Crippen LogP contribution is 2.13. The number of rotatable bonds is 5. The second kappa shape index (κ2) is 5.37. The van der Waals surface area contributed by atoms with Gasteiger partial charge in [0.15, 0.2) is 5.82 Å². The zero-order valence-corrected chi connectivity index (χ0v) is 9.88. The number of aromatic amines is 1. The van der Waals surface area contributed by atoms with Gasteiger partial charge in [-0.3, -0.25) is 15.2 Å². The molecule has 0 spiro atoms. The molecule has 0 amide bonds. The van der Waals surface area contributed by atoms with Crippen LogP contribution in [0.15, 0.2) is 24.3 Å². The molecule has 94 valence electrons. The van der Waals surface area contributed by atoms with Gasteiger partial charge in [0, 0.05) is 18.6 Å². The van der Waals surface area contributed by atoms with Crippen molar-refractivity contribution in [2.24, 2.45) is 0 Å². The van der Waals surface area contributed by atoms with Crippen LogP contribution in [-0.2, 0) is 13.0 Å². The summed E-state index contributed by atoms with van der Waals surface area (Å²) in [7, 11) is 1.83. The molecule has 7 nitrogen and oxygen atoms in total. The topological polar surface area (TPSA) is 96.7 Å². The Morgan fingerprint density at radius 3 is 2.72 bits per heavy atom. The molecule has 0 radical (unpaired) electrons. The van der Waals surface area contributed by atoms with Crippen molar-refractivity contribution in [3.05, 3.63) is 51.6 Å². The average Bonchev–Trinajstić information content (AvgIpc) is 2.78. The summed E-state index contributed by atoms with van der Waals surface area (Å²) in [6.07, 6.45) is 0.578. The summed E-state index contributed by atoms with van der Waals surface area (Å²) < 4.78 is 0. The minimum absolute atomic E-state index is 0.0900. The molecule has 0 atom stereocenters. The van der Waals surface area contributed by atoms with Gasteiger partial charge < -0.3 is 5.32 Å². The van der Waals surface area contributed by atoms with Gasteiger partial charge in [-0.25, -0.2) is 4.98 Å². The van der Waals surface area contributed by atoms with Gasteiger partial charge in [-0.05, 0) is 12.6 Å². The maximum atomic E-state index is 10.5. The number of non-ortho nitro benzene ring substituents is 1. The lowest BCUT2D eigenvalue weighted by Gasteiger charge is -1.97. The van der Waals surface area contributed by atoms with Crippen molar-refractivity contribution in [2.45, 2.75) is 13.0 Å². The molecule has 1 aromatic carbocycles. The Morgan fingerprint density at radius 1 is 1.39 bits per heavy atom. The standard InChI is InChI=1S/C11H13N5O2/c1-12-7-11-13-10(14-15-11)6-8-2-4-9(5-3-8)16(17)18/h2-5,12H,6-7H2,1H3,(H,13,14,15). The highest BCUT2D eigenvalue weighted by atomic mass is 16.6. The van der Waals surface area contributed by atoms with Crippen LogP contribution in [0, 0.1) is 10.1 Å². The van der Waals surface area contributed by atoms with Crippen molar-refractivity contribution in [3.63, 3.8) is 0 Å². The molecule has 0 fully saturated rings. The van der Waals surface area contributed by atoms with E-state index >= 15 is 0 Å². The van der Waals surface area contributed by atoms with E-state index in [9.17, 15) is 10.1 Å². The van der Waals surface area contributed by atoms with Crippen LogP contribution in [0.1, 0.15) is 17.2 Å². The number of nitrogens with one attached hydrogen (secondary N) is 2. The predicted molar refractivity (Wildman–Crippen MR) is 65.0 cm³/mol. The lowest BCUT2D eigenvalue weighted by molar-refractivity contribution is -0.384. The van der Waals surface area contributed by atoms with Gasteiger partial charge in [-0.1, -0.05) is 12.1 Å². The number of nitrogens with zero attached hydrogens (tertiary/aromatic N) is 3. The molecular formula is C11H13N5O2. The molecule has 0 saturated heterocycles. The van der Waals surface area contributed by atoms with Crippen molar-refractivity contribution in [2.75, 3.05) is 7.05 Å². The first-order valence-electron chi connectivity index (χ1n) is 5.47. The van der Waals surface area contributed by atoms with E-state index in [0.717, 1.165) is 11.4 Å². The summed E-state index contributed by atoms with van der Waals surface area (Å²) in [5.41, 5.74) is 1.04. The molecule has 2 rings (SSSR count). The number of nitro benzene ring substituents is 1. The summed E-state index contributed by atoms with van der Waals surface area (Å²) in [6, 6.07) is 6.41. The van der Waals surface area contributed by atoms with E-state index in [2.05, 4.69) is 20.5 Å². The Kier molecular flexibility index (Phi) is 3.63. The summed E-state index contributed by atoms with van der Waals surface area (Å²) in [5.74, 6) is 1.45. The third-order valence-corrected chi connectivity index (χ3v) is 2.43. The number of H-pyrrole nitrogens is 1. The van der Waals surface area contributed by atoms with E-state index in [4.69, 9.17) is 0 Å². The molecular weight excluding hydrogens is 234 g/mol. The van der Waals surface area contributed by atoms with E-state index in [1.807, 2.05) is 7.05 Å². The highest BCUT2D eigenvalue weighted by molar-refractivity contribution is 5.33. The maximum absolute atomic E-state index is 10.5. The lowest BCUT2D eigenvalue weighted by atomic mass is 10.1. The molecule has 18 heavy (non-hydrogen) atoms. The largest absolute Gasteiger partial charge is 0.313 e. The molecule has 0 aliphatic rings. The van der Waals surface area contributed by atoms with Crippen LogP contribution >= 0.6 is 0 Å². The minimum Gasteiger partial charge on any atom is -0.313 e. The monoisotopic (exact) mass is 247 g/mol. The van der Waals surface area contributed by atoms with Gasteiger partial charge in [0.25, 0.3) is 5.69 Å². The number of hydrogen-bond donors (Lipinski definition) is 2. The lowest BCUT2D eigenvalue weighted by Crippen LogP contribution is -2.06. The Hall–Kier alpha value is -2.28. The third-order valence-electron chi connectivity index (χ3n) is 2.43. The molecule has 0 unspecified atom stereocenters. The van der Waals surface area contributed by atoms with Crippen molar-refractivity contribution >= 4 is 5.69 Å². The number of benzene rings is 1. The SMILES string of the molecule is CNCc1n[nH]c(Cc2ccc([N+](=O)[O-])cc2)n1. The van der Waals surface area contributed by atoms with E-state index in [-0.39, 0.29) is 5.69 Å². The van der Waals surface area contributed by atoms with E-state index in [1.165, 1.54) is 12.1 Å². The molecule has 2 aromatic rings. The summed E-state index contributed by atoms with van der Waals surface area (Å²) in [6.45, 7) is 0.608. The fraction of sp³-hybridized carbons (Fsp3) is 0.273. The second-order valence-electron chi connectivity index (χ2n) is 3.83. The zero-order valence-electron chi connectivity index (χ0n) is 9.88. The first-order chi connectivity index (χ1) is 8.69. The van der Waals surface area contributed by atoms with E-state index in [1.54, 1.807) is 12.1 Å². The van der Waals surface area contributed by atoms with Crippen LogP contribution in [0.4, 0.5) is 5.69 Å². The maximum Gasteiger partial charge on any atom is 0.269 e. The minimum atomic E-state index is -0.413. The number of aromatic nitrogens is 3. The van der Waals surface area contributed by atoms with Crippen molar-refractivity contribution in [1.29, 1.82) is 0 Å². The van der Waals surface area contributed by atoms with E-state index < -0.39 is 4.92 Å². The third kappa shape index (κ3) is 2.89. The van der Waals surface area contributed by atoms with Crippen molar-refractivity contribution < 1.29 is 4.92 Å². The van der Waals surface area contributed by atoms with E-state index in [0.29, 0.717) is 18.8 Å². The molecule has 0 bridgehead atoms. The Labute approximate surface area is 103 Å². The molecule has 0 saturated carbocycles. The molecule has 2 N–H and O–H groups in total. The van der Waals surface area contributed by atoms with Crippen LogP contribution in [0.25, 0.3) is 0 Å². The molecule has 0 aliphatic heterocycles. The second-order valence-corrected chi connectivity index (χ2v) is 3.83. The average molecular weight is 247 g/mol. The quantitative estimate of drug-likeness (QED) is 0.607. The smallest absolute Gasteiger partial charge is 0.269 e. The fourth-order valence-corrected chi connectivity index (χ4v) is 1.58. The molecule has 1 aromatic heterocycles. The molecule has 0 aliphatic carbocycles. The number of hydrogen-bond acceptors (Lipinski definition) is 5. The van der Waals surface area contributed by atoms with Crippen LogP contribution in [0.2, 0.25) is 0 Å². The fourth-order valence-electron chi connectivity index (χ4n) is 1.58. The van der Waals surface area contributed by atoms with Gasteiger partial charge >= 0.3 is 0 Å². The first-order valence-corrected chi connectivity index (χ1v) is 5.47. The Morgan fingerprint density at radius 2 is 2.11 bits per heavy atom. The van der Waals surface area contributed by atoms with Gasteiger partial charge in [0.2, 0.25) is 0 Å². The van der Waals surface area contributed by atoms with Crippen molar-refractivity contribution in [3.8, 4) is 0 Å². The Balaban J connectivity index is 2.06. The summed E-state index contributed by atoms with van der Waals surface area (Å²) >= 11 is 0. The van der Waals surface area contributed by atoms with Gasteiger partial charge in [-0.2, -0.15) is 5.10 Å². The Bertz CT molecular complexity index is 535. The first kappa shape index (κ1) is 12.2. The van der Waals surface area contributed by atoms with Crippen LogP contribution < -0.4 is 5.32 Å². The molecule has 1 heterocycles. The van der Waals surface area contributed by atoms with Crippen molar-refractivity contribution in [1.82, 2.24) is 20.5 Å². The molecule has 7 heteroatoms. The summed E-state index contributed by atoms with van der Waals surface area (Å²) in [4.78, 5) is 14.4.